The first-order valence-corrected chi connectivity index (χ1v) is 11.7. The maximum absolute atomic E-state index is 14.0. The molecule has 7 nitrogen and oxygen atoms in total. The van der Waals surface area contributed by atoms with Crippen molar-refractivity contribution in [2.45, 2.75) is 6.92 Å². The van der Waals surface area contributed by atoms with Crippen molar-refractivity contribution in [3.63, 3.8) is 0 Å². The van der Waals surface area contributed by atoms with Crippen LogP contribution in [-0.2, 0) is 0 Å². The Morgan fingerprint density at radius 2 is 1.54 bits per heavy atom. The normalized spacial score (nSPS) is 12.6. The summed E-state index contributed by atoms with van der Waals surface area (Å²) in [6.45, 7) is 5.09. The highest BCUT2D eigenvalue weighted by atomic mass is 35.5. The number of nitrogens with one attached hydrogen (secondary N) is 1. The molecule has 1 aliphatic rings. The standard InChI is InChI=1S/C28H25FN4O3.3ClH/c1-18-5-4-6-20(15-18)32-11-13-33(14-12-32)26-17-23(28(35)36)22-16-19(9-10-25(22)31-26)30-27(34)21-7-2-3-8-24(21)29;;;/h2-10,15-17H,11-14H2,1H3,(H,30,34)(H,35,36);3*1H. The van der Waals surface area contributed by atoms with Crippen LogP contribution in [0.5, 0.6) is 0 Å². The van der Waals surface area contributed by atoms with Gasteiger partial charge >= 0.3 is 5.97 Å². The van der Waals surface area contributed by atoms with Gasteiger partial charge in [-0.1, -0.05) is 24.3 Å². The predicted octanol–water partition coefficient (Wildman–Crippen LogP) is 6.22. The van der Waals surface area contributed by atoms with Gasteiger partial charge in [-0.2, -0.15) is 0 Å². The van der Waals surface area contributed by atoms with E-state index in [-0.39, 0.29) is 48.3 Å². The monoisotopic (exact) mass is 592 g/mol. The topological polar surface area (TPSA) is 85.8 Å². The zero-order valence-electron chi connectivity index (χ0n) is 21.0. The highest BCUT2D eigenvalue weighted by Gasteiger charge is 2.21. The van der Waals surface area contributed by atoms with E-state index >= 15 is 0 Å². The first-order chi connectivity index (χ1) is 17.4. The van der Waals surface area contributed by atoms with Crippen molar-refractivity contribution in [3.05, 3.63) is 95.3 Å². The van der Waals surface area contributed by atoms with Crippen molar-refractivity contribution in [1.82, 2.24) is 4.98 Å². The molecule has 4 aromatic rings. The Bertz CT molecular complexity index is 1480. The maximum atomic E-state index is 14.0. The number of hydrogen-bond donors (Lipinski definition) is 2. The molecule has 0 aliphatic carbocycles. The number of benzene rings is 3. The fourth-order valence-electron chi connectivity index (χ4n) is 4.49. The molecular weight excluding hydrogens is 566 g/mol. The van der Waals surface area contributed by atoms with E-state index in [4.69, 9.17) is 4.98 Å². The van der Waals surface area contributed by atoms with Crippen LogP contribution in [0.25, 0.3) is 10.9 Å². The summed E-state index contributed by atoms with van der Waals surface area (Å²) in [5.41, 5.74) is 3.26. The van der Waals surface area contributed by atoms with Crippen LogP contribution in [-0.4, -0.2) is 48.1 Å². The Morgan fingerprint density at radius 3 is 2.21 bits per heavy atom. The van der Waals surface area contributed by atoms with Gasteiger partial charge in [0.1, 0.15) is 11.6 Å². The Kier molecular flexibility index (Phi) is 10.9. The number of rotatable bonds is 5. The zero-order chi connectivity index (χ0) is 25.2. The molecule has 1 amide bonds. The Hall–Kier alpha value is -3.59. The minimum absolute atomic E-state index is 0. The molecule has 0 atom stereocenters. The van der Waals surface area contributed by atoms with Gasteiger partial charge in [0, 0.05) is 42.9 Å². The van der Waals surface area contributed by atoms with Gasteiger partial charge in [0.15, 0.2) is 0 Å². The van der Waals surface area contributed by atoms with Crippen LogP contribution in [0.1, 0.15) is 26.3 Å². The molecule has 0 spiro atoms. The predicted molar refractivity (Wildman–Crippen MR) is 160 cm³/mol. The van der Waals surface area contributed by atoms with Gasteiger partial charge in [0.25, 0.3) is 5.91 Å². The molecule has 1 fully saturated rings. The minimum Gasteiger partial charge on any atom is -0.478 e. The number of aromatic nitrogens is 1. The van der Waals surface area contributed by atoms with Crippen molar-refractivity contribution in [1.29, 1.82) is 0 Å². The molecule has 1 aliphatic heterocycles. The number of halogens is 4. The highest BCUT2D eigenvalue weighted by molar-refractivity contribution is 6.08. The average Bonchev–Trinajstić information content (AvgIpc) is 2.88. The second kappa shape index (κ2) is 13.5. The quantitative estimate of drug-likeness (QED) is 0.286. The van der Waals surface area contributed by atoms with Gasteiger partial charge in [-0.05, 0) is 61.0 Å². The summed E-state index contributed by atoms with van der Waals surface area (Å²) in [5.74, 6) is -1.72. The number of carboxylic acid groups (broad SMARTS) is 1. The number of aryl methyl sites for hydroxylation is 1. The lowest BCUT2D eigenvalue weighted by atomic mass is 10.1. The molecular formula is C28H28Cl3FN4O3. The summed E-state index contributed by atoms with van der Waals surface area (Å²) in [7, 11) is 0. The van der Waals surface area contributed by atoms with Gasteiger partial charge in [0.05, 0.1) is 16.6 Å². The average molecular weight is 594 g/mol. The van der Waals surface area contributed by atoms with Crippen molar-refractivity contribution in [3.8, 4) is 0 Å². The first-order valence-electron chi connectivity index (χ1n) is 11.7. The Balaban J connectivity index is 0.00000178. The first kappa shape index (κ1) is 31.6. The number of fused-ring (bicyclic) bond motifs is 1. The highest BCUT2D eigenvalue weighted by Crippen LogP contribution is 2.28. The smallest absolute Gasteiger partial charge is 0.336 e. The fraction of sp³-hybridized carbons (Fsp3) is 0.179. The van der Waals surface area contributed by atoms with E-state index in [9.17, 15) is 19.1 Å². The number of anilines is 3. The van der Waals surface area contributed by atoms with Crippen molar-refractivity contribution in [2.24, 2.45) is 0 Å². The van der Waals surface area contributed by atoms with Gasteiger partial charge in [-0.25, -0.2) is 14.2 Å². The third kappa shape index (κ3) is 6.89. The summed E-state index contributed by atoms with van der Waals surface area (Å²) in [6.07, 6.45) is 0. The lowest BCUT2D eigenvalue weighted by Gasteiger charge is -2.37. The second-order valence-electron chi connectivity index (χ2n) is 8.81. The van der Waals surface area contributed by atoms with E-state index in [0.29, 0.717) is 35.5 Å². The number of carbonyl (C=O) groups excluding carboxylic acids is 1. The number of carbonyl (C=O) groups is 2. The molecule has 0 saturated carbocycles. The number of aromatic carboxylic acids is 1. The molecule has 2 N–H and O–H groups in total. The van der Waals surface area contributed by atoms with Crippen LogP contribution in [0.15, 0.2) is 72.8 Å². The summed E-state index contributed by atoms with van der Waals surface area (Å²) >= 11 is 0. The molecule has 2 heterocycles. The SMILES string of the molecule is Cc1cccc(N2CCN(c3cc(C(=O)O)c4cc(NC(=O)c5ccccc5F)ccc4n3)CC2)c1.Cl.Cl.Cl. The van der Waals surface area contributed by atoms with E-state index in [2.05, 4.69) is 40.2 Å². The van der Waals surface area contributed by atoms with E-state index in [1.54, 1.807) is 30.3 Å². The lowest BCUT2D eigenvalue weighted by Crippen LogP contribution is -2.46. The van der Waals surface area contributed by atoms with Gasteiger partial charge in [-0.15, -0.1) is 37.2 Å². The van der Waals surface area contributed by atoms with Crippen LogP contribution < -0.4 is 15.1 Å². The van der Waals surface area contributed by atoms with Crippen molar-refractivity contribution < 1.29 is 19.1 Å². The van der Waals surface area contributed by atoms with Crippen molar-refractivity contribution in [2.75, 3.05) is 41.3 Å². The fourth-order valence-corrected chi connectivity index (χ4v) is 4.49. The van der Waals surface area contributed by atoms with Crippen LogP contribution in [0.2, 0.25) is 0 Å². The second-order valence-corrected chi connectivity index (χ2v) is 8.81. The van der Waals surface area contributed by atoms with Crippen molar-refractivity contribution >= 4 is 77.2 Å². The van der Waals surface area contributed by atoms with E-state index in [1.165, 1.54) is 29.4 Å². The largest absolute Gasteiger partial charge is 0.478 e. The summed E-state index contributed by atoms with van der Waals surface area (Å²) in [4.78, 5) is 33.8. The molecule has 0 radical (unpaired) electrons. The molecule has 11 heteroatoms. The van der Waals surface area contributed by atoms with E-state index < -0.39 is 17.7 Å². The molecule has 39 heavy (non-hydrogen) atoms. The maximum Gasteiger partial charge on any atom is 0.336 e. The number of amides is 1. The van der Waals surface area contributed by atoms with Gasteiger partial charge < -0.3 is 20.2 Å². The van der Waals surface area contributed by atoms with E-state index in [1.807, 2.05) is 6.07 Å². The molecule has 206 valence electrons. The number of nitrogens with zero attached hydrogens (tertiary/aromatic N) is 3. The summed E-state index contributed by atoms with van der Waals surface area (Å²) in [6, 6.07) is 20.5. The zero-order valence-corrected chi connectivity index (χ0v) is 23.4. The minimum atomic E-state index is -1.08. The molecule has 1 saturated heterocycles. The third-order valence-corrected chi connectivity index (χ3v) is 6.37. The van der Waals surface area contributed by atoms with Crippen LogP contribution in [0.3, 0.4) is 0 Å². The number of piperazine rings is 1. The van der Waals surface area contributed by atoms with E-state index in [0.717, 1.165) is 13.1 Å². The number of carboxylic acids is 1. The number of hydrogen-bond acceptors (Lipinski definition) is 5. The summed E-state index contributed by atoms with van der Waals surface area (Å²) in [5, 5.41) is 13.0. The van der Waals surface area contributed by atoms with Gasteiger partial charge in [-0.3, -0.25) is 4.79 Å². The molecule has 3 aromatic carbocycles. The molecule has 5 rings (SSSR count). The van der Waals surface area contributed by atoms with Crippen LogP contribution >= 0.6 is 37.2 Å². The molecule has 1 aromatic heterocycles. The third-order valence-electron chi connectivity index (χ3n) is 6.37. The molecule has 0 unspecified atom stereocenters. The molecule has 0 bridgehead atoms. The summed E-state index contributed by atoms with van der Waals surface area (Å²) < 4.78 is 14.0. The Labute approximate surface area is 244 Å². The lowest BCUT2D eigenvalue weighted by molar-refractivity contribution is 0.0698. The number of pyridine rings is 1. The van der Waals surface area contributed by atoms with Crippen LogP contribution in [0, 0.1) is 12.7 Å². The Morgan fingerprint density at radius 1 is 0.846 bits per heavy atom. The van der Waals surface area contributed by atoms with Crippen LogP contribution in [0.4, 0.5) is 21.6 Å². The van der Waals surface area contributed by atoms with Gasteiger partial charge in [0.2, 0.25) is 0 Å².